The average molecular weight is 382 g/mol. The molecular formula is C19H25Cl2N3O. The van der Waals surface area contributed by atoms with Gasteiger partial charge in [-0.25, -0.2) is 0 Å². The maximum absolute atomic E-state index is 12.4. The second-order valence-electron chi connectivity index (χ2n) is 6.42. The minimum Gasteiger partial charge on any atom is -0.348 e. The van der Waals surface area contributed by atoms with Crippen LogP contribution >= 0.6 is 24.8 Å². The number of amides is 1. The van der Waals surface area contributed by atoms with E-state index in [0.29, 0.717) is 0 Å². The summed E-state index contributed by atoms with van der Waals surface area (Å²) in [5, 5.41) is 3.06. The molecule has 1 aliphatic carbocycles. The van der Waals surface area contributed by atoms with Crippen LogP contribution in [-0.4, -0.2) is 16.4 Å². The molecule has 1 fully saturated rings. The van der Waals surface area contributed by atoms with E-state index in [-0.39, 0.29) is 36.8 Å². The number of carbonyl (C=O) groups excluding carboxylic acids is 1. The van der Waals surface area contributed by atoms with Gasteiger partial charge in [0.15, 0.2) is 0 Å². The molecule has 1 heterocycles. The lowest BCUT2D eigenvalue weighted by Gasteiger charge is -2.25. The number of hydrogen-bond donors (Lipinski definition) is 2. The maximum atomic E-state index is 12.4. The summed E-state index contributed by atoms with van der Waals surface area (Å²) in [7, 11) is 0. The Morgan fingerprint density at radius 3 is 2.32 bits per heavy atom. The van der Waals surface area contributed by atoms with Crippen LogP contribution in [0.4, 0.5) is 0 Å². The standard InChI is InChI=1S/C19H23N3O.2ClH/c1-14(22-18(23)19(20)10-2-3-11-19)15-6-8-16(9-7-15)17-5-4-12-21-13-17;;/h4-9,12-14H,2-3,10-11,20H2,1H3,(H,22,23);2*1H. The summed E-state index contributed by atoms with van der Waals surface area (Å²) >= 11 is 0. The van der Waals surface area contributed by atoms with Crippen molar-refractivity contribution in [2.45, 2.75) is 44.2 Å². The Morgan fingerprint density at radius 2 is 1.76 bits per heavy atom. The number of benzene rings is 1. The molecule has 1 aromatic carbocycles. The monoisotopic (exact) mass is 381 g/mol. The third-order valence-corrected chi connectivity index (χ3v) is 4.70. The first-order valence-electron chi connectivity index (χ1n) is 8.19. The molecule has 0 radical (unpaired) electrons. The van der Waals surface area contributed by atoms with Crippen LogP contribution < -0.4 is 11.1 Å². The number of nitrogens with one attached hydrogen (secondary N) is 1. The molecule has 1 saturated carbocycles. The topological polar surface area (TPSA) is 68.0 Å². The van der Waals surface area contributed by atoms with Crippen molar-refractivity contribution in [1.29, 1.82) is 0 Å². The second-order valence-corrected chi connectivity index (χ2v) is 6.42. The third kappa shape index (κ3) is 4.94. The highest BCUT2D eigenvalue weighted by atomic mass is 35.5. The molecule has 2 aromatic rings. The Hall–Kier alpha value is -1.62. The van der Waals surface area contributed by atoms with Gasteiger partial charge in [0.25, 0.3) is 0 Å². The summed E-state index contributed by atoms with van der Waals surface area (Å²) in [5.41, 5.74) is 8.81. The number of nitrogens with zero attached hydrogens (tertiary/aromatic N) is 1. The molecule has 0 aliphatic heterocycles. The minimum absolute atomic E-state index is 0. The molecule has 1 unspecified atom stereocenters. The van der Waals surface area contributed by atoms with Gasteiger partial charge in [-0.2, -0.15) is 0 Å². The van der Waals surface area contributed by atoms with Crippen molar-refractivity contribution < 1.29 is 4.79 Å². The molecule has 1 aliphatic rings. The smallest absolute Gasteiger partial charge is 0.240 e. The molecule has 1 amide bonds. The Bertz CT molecular complexity index is 671. The summed E-state index contributed by atoms with van der Waals surface area (Å²) in [6.45, 7) is 2.00. The number of nitrogens with two attached hydrogens (primary N) is 1. The van der Waals surface area contributed by atoms with E-state index in [2.05, 4.69) is 22.4 Å². The first kappa shape index (κ1) is 21.4. The highest BCUT2D eigenvalue weighted by Gasteiger charge is 2.37. The lowest BCUT2D eigenvalue weighted by Crippen LogP contribution is -2.52. The number of hydrogen-bond acceptors (Lipinski definition) is 3. The van der Waals surface area contributed by atoms with Gasteiger partial charge in [-0.1, -0.05) is 43.2 Å². The predicted octanol–water partition coefficient (Wildman–Crippen LogP) is 4.04. The van der Waals surface area contributed by atoms with Gasteiger partial charge in [0.05, 0.1) is 11.6 Å². The van der Waals surface area contributed by atoms with Crippen LogP contribution in [0.25, 0.3) is 11.1 Å². The first-order chi connectivity index (χ1) is 11.1. The zero-order chi connectivity index (χ0) is 16.3. The second kappa shape index (κ2) is 9.18. The summed E-state index contributed by atoms with van der Waals surface area (Å²) in [4.78, 5) is 16.5. The van der Waals surface area contributed by atoms with Crippen LogP contribution in [0.15, 0.2) is 48.8 Å². The summed E-state index contributed by atoms with van der Waals surface area (Å²) in [5.74, 6) is -0.0289. The maximum Gasteiger partial charge on any atom is 0.240 e. The number of halogens is 2. The van der Waals surface area contributed by atoms with Crippen molar-refractivity contribution in [3.05, 3.63) is 54.4 Å². The number of carbonyl (C=O) groups is 1. The normalized spacial score (nSPS) is 16.2. The fourth-order valence-electron chi connectivity index (χ4n) is 3.15. The van der Waals surface area contributed by atoms with Crippen molar-refractivity contribution in [2.24, 2.45) is 5.73 Å². The van der Waals surface area contributed by atoms with Crippen LogP contribution in [-0.2, 0) is 4.79 Å². The number of aromatic nitrogens is 1. The average Bonchev–Trinajstić information content (AvgIpc) is 3.04. The fourth-order valence-corrected chi connectivity index (χ4v) is 3.15. The molecule has 0 spiro atoms. The number of pyridine rings is 1. The Labute approximate surface area is 161 Å². The van der Waals surface area contributed by atoms with E-state index in [1.807, 2.05) is 37.4 Å². The molecule has 0 saturated heterocycles. The van der Waals surface area contributed by atoms with Gasteiger partial charge in [0, 0.05) is 12.4 Å². The first-order valence-corrected chi connectivity index (χ1v) is 8.19. The van der Waals surface area contributed by atoms with Gasteiger partial charge in [-0.15, -0.1) is 24.8 Å². The van der Waals surface area contributed by atoms with Gasteiger partial charge in [0.1, 0.15) is 0 Å². The molecule has 1 aromatic heterocycles. The Morgan fingerprint density at radius 1 is 1.12 bits per heavy atom. The van der Waals surface area contributed by atoms with E-state index in [0.717, 1.165) is 42.4 Å². The molecule has 6 heteroatoms. The lowest BCUT2D eigenvalue weighted by molar-refractivity contribution is -0.126. The SMILES string of the molecule is CC(NC(=O)C1(N)CCCC1)c1ccc(-c2cccnc2)cc1.Cl.Cl. The third-order valence-electron chi connectivity index (χ3n) is 4.70. The van der Waals surface area contributed by atoms with E-state index in [4.69, 9.17) is 5.73 Å². The van der Waals surface area contributed by atoms with Crippen LogP contribution in [0, 0.1) is 0 Å². The molecule has 136 valence electrons. The summed E-state index contributed by atoms with van der Waals surface area (Å²) in [6.07, 6.45) is 7.26. The van der Waals surface area contributed by atoms with Gasteiger partial charge in [-0.3, -0.25) is 9.78 Å². The van der Waals surface area contributed by atoms with Crippen LogP contribution in [0.2, 0.25) is 0 Å². The Balaban J connectivity index is 0.00000156. The van der Waals surface area contributed by atoms with Crippen LogP contribution in [0.1, 0.15) is 44.2 Å². The van der Waals surface area contributed by atoms with Crippen molar-refractivity contribution >= 4 is 30.7 Å². The summed E-state index contributed by atoms with van der Waals surface area (Å²) in [6, 6.07) is 12.1. The van der Waals surface area contributed by atoms with Gasteiger partial charge in [-0.05, 0) is 42.5 Å². The lowest BCUT2D eigenvalue weighted by atomic mass is 9.96. The van der Waals surface area contributed by atoms with Gasteiger partial charge in [0.2, 0.25) is 5.91 Å². The van der Waals surface area contributed by atoms with Crippen LogP contribution in [0.3, 0.4) is 0 Å². The van der Waals surface area contributed by atoms with Crippen molar-refractivity contribution in [3.63, 3.8) is 0 Å². The van der Waals surface area contributed by atoms with Crippen molar-refractivity contribution in [2.75, 3.05) is 0 Å². The molecule has 1 atom stereocenters. The highest BCUT2D eigenvalue weighted by molar-refractivity contribution is 5.86. The largest absolute Gasteiger partial charge is 0.348 e. The van der Waals surface area contributed by atoms with E-state index < -0.39 is 5.54 Å². The predicted molar refractivity (Wildman–Crippen MR) is 106 cm³/mol. The molecule has 3 N–H and O–H groups in total. The van der Waals surface area contributed by atoms with Gasteiger partial charge < -0.3 is 11.1 Å². The number of rotatable bonds is 4. The highest BCUT2D eigenvalue weighted by Crippen LogP contribution is 2.28. The van der Waals surface area contributed by atoms with E-state index in [1.54, 1.807) is 6.20 Å². The minimum atomic E-state index is -0.677. The quantitative estimate of drug-likeness (QED) is 0.839. The van der Waals surface area contributed by atoms with E-state index in [1.165, 1.54) is 0 Å². The van der Waals surface area contributed by atoms with E-state index in [9.17, 15) is 4.79 Å². The van der Waals surface area contributed by atoms with Gasteiger partial charge >= 0.3 is 0 Å². The zero-order valence-corrected chi connectivity index (χ0v) is 15.9. The molecule has 0 bridgehead atoms. The van der Waals surface area contributed by atoms with Crippen molar-refractivity contribution in [1.82, 2.24) is 10.3 Å². The Kier molecular flexibility index (Phi) is 7.87. The van der Waals surface area contributed by atoms with Crippen LogP contribution in [0.5, 0.6) is 0 Å². The summed E-state index contributed by atoms with van der Waals surface area (Å²) < 4.78 is 0. The molecule has 4 nitrogen and oxygen atoms in total. The molecule has 25 heavy (non-hydrogen) atoms. The molecular weight excluding hydrogens is 357 g/mol. The molecule has 3 rings (SSSR count). The van der Waals surface area contributed by atoms with Crippen molar-refractivity contribution in [3.8, 4) is 11.1 Å². The zero-order valence-electron chi connectivity index (χ0n) is 14.3. The fraction of sp³-hybridized carbons (Fsp3) is 0.368. The van der Waals surface area contributed by atoms with E-state index >= 15 is 0 Å².